The molecule has 4 aromatic rings. The lowest BCUT2D eigenvalue weighted by Gasteiger charge is -2.33. The fourth-order valence-corrected chi connectivity index (χ4v) is 10.5. The van der Waals surface area contributed by atoms with Gasteiger partial charge >= 0.3 is 12.2 Å². The number of carbonyl (C=O) groups excluding carboxylic acids is 2. The molecule has 0 bridgehead atoms. The summed E-state index contributed by atoms with van der Waals surface area (Å²) in [5, 5.41) is 9.19. The Kier molecular flexibility index (Phi) is 17.3. The summed E-state index contributed by atoms with van der Waals surface area (Å²) in [4.78, 5) is 52.3. The van der Waals surface area contributed by atoms with Crippen LogP contribution in [0.2, 0.25) is 5.15 Å². The number of rotatable bonds is 10. The third-order valence-electron chi connectivity index (χ3n) is 11.5. The number of pyridine rings is 2. The summed E-state index contributed by atoms with van der Waals surface area (Å²) in [6.07, 6.45) is 7.68. The summed E-state index contributed by atoms with van der Waals surface area (Å²) in [5.74, 6) is 1.67. The number of halogens is 1. The molecule has 20 nitrogen and oxygen atoms in total. The van der Waals surface area contributed by atoms with Crippen molar-refractivity contribution in [3.8, 4) is 29.1 Å². The molecule has 0 atom stereocenters. The van der Waals surface area contributed by atoms with E-state index in [0.29, 0.717) is 97.4 Å². The van der Waals surface area contributed by atoms with Crippen LogP contribution in [0.5, 0.6) is 29.1 Å². The first-order valence-electron chi connectivity index (χ1n) is 23.6. The number of nitrogens with zero attached hydrogens (tertiary/aromatic N) is 8. The molecule has 4 fully saturated rings. The molecule has 388 valence electrons. The van der Waals surface area contributed by atoms with Crippen LogP contribution >= 0.6 is 11.6 Å². The summed E-state index contributed by atoms with van der Waals surface area (Å²) >= 11 is 5.96. The highest BCUT2D eigenvalue weighted by Gasteiger charge is 2.39. The molecule has 6 heterocycles. The molecule has 71 heavy (non-hydrogen) atoms. The van der Waals surface area contributed by atoms with Crippen LogP contribution in [-0.4, -0.2) is 134 Å². The molecule has 0 radical (unpaired) electrons. The van der Waals surface area contributed by atoms with E-state index in [-0.39, 0.29) is 50.7 Å². The van der Waals surface area contributed by atoms with Gasteiger partial charge in [-0.1, -0.05) is 11.6 Å². The fraction of sp³-hybridized carbons (Fsp3) is 0.583. The van der Waals surface area contributed by atoms with Gasteiger partial charge < -0.3 is 38.6 Å². The van der Waals surface area contributed by atoms with Crippen LogP contribution in [0.4, 0.5) is 9.59 Å². The lowest BCUT2D eigenvalue weighted by Crippen LogP contribution is -2.44. The topological polar surface area (TPSA) is 253 Å². The number of aromatic nitrogens is 6. The standard InChI is InChI=1S/C24H32N4O6S.C15H22ClN3O3.C9H11NO3S/c1-15-21(32-17-10-12-28(13-11-17)23(29)34-24(3,4)5)25-14-26-22(15)33-19-8-9-20(27-16(19)2)35(30,31)18-6-7-18;1-10-12(16)17-9-18-13(10)21-11-5-7-19(8-6-11)14(20)22-15(2,3)4;1-6-8(11)4-5-9(10-6)14(12,13)7-2-3-7/h8-9,14,17-18H,6-7,10-13H2,1-5H3;9,11H,5-8H2,1-4H3;4-5,7,11H,2-3H2,1H3. The second kappa shape index (κ2) is 22.4. The molecule has 2 aliphatic carbocycles. The first kappa shape index (κ1) is 54.7. The van der Waals surface area contributed by atoms with Gasteiger partial charge in [-0.2, -0.15) is 0 Å². The Morgan fingerprint density at radius 2 is 1.00 bits per heavy atom. The summed E-state index contributed by atoms with van der Waals surface area (Å²) in [6.45, 7) is 20.3. The normalized spacial score (nSPS) is 16.9. The van der Waals surface area contributed by atoms with E-state index in [1.165, 1.54) is 30.9 Å². The molecule has 4 aliphatic rings. The number of ether oxygens (including phenoxy) is 5. The van der Waals surface area contributed by atoms with Gasteiger partial charge in [0.2, 0.25) is 17.6 Å². The Morgan fingerprint density at radius 1 is 0.592 bits per heavy atom. The number of piperidine rings is 2. The number of likely N-dealkylation sites (tertiary alicyclic amines) is 2. The molecule has 23 heteroatoms. The van der Waals surface area contributed by atoms with Gasteiger partial charge in [0.05, 0.1) is 27.5 Å². The van der Waals surface area contributed by atoms with Crippen LogP contribution in [-0.2, 0) is 29.1 Å². The fourth-order valence-electron chi connectivity index (χ4n) is 7.14. The minimum atomic E-state index is -3.37. The third-order valence-corrected chi connectivity index (χ3v) is 16.2. The third kappa shape index (κ3) is 15.2. The highest BCUT2D eigenvalue weighted by atomic mass is 35.5. The second-order valence-electron chi connectivity index (χ2n) is 19.9. The molecule has 0 spiro atoms. The van der Waals surface area contributed by atoms with Crippen molar-refractivity contribution in [1.82, 2.24) is 39.7 Å². The highest BCUT2D eigenvalue weighted by Crippen LogP contribution is 2.36. The van der Waals surface area contributed by atoms with Crippen LogP contribution in [0.25, 0.3) is 0 Å². The van der Waals surface area contributed by atoms with E-state index in [1.54, 1.807) is 36.6 Å². The zero-order chi connectivity index (χ0) is 52.1. The van der Waals surface area contributed by atoms with Gasteiger partial charge in [0.25, 0.3) is 0 Å². The Balaban J connectivity index is 0.000000194. The predicted molar refractivity (Wildman–Crippen MR) is 262 cm³/mol. The number of amides is 2. The Morgan fingerprint density at radius 3 is 1.42 bits per heavy atom. The first-order chi connectivity index (χ1) is 33.2. The SMILES string of the molecule is Cc1c(Cl)ncnc1OC1CCN(C(=O)OC(C)(C)C)CC1.Cc1nc(S(=O)(=O)C2CC2)ccc1O.Cc1nc(S(=O)(=O)C2CC2)ccc1Oc1ncnc(OC2CCN(C(=O)OC(C)(C)C)CC2)c1C. The van der Waals surface area contributed by atoms with Gasteiger partial charge in [0.1, 0.15) is 47.0 Å². The van der Waals surface area contributed by atoms with Crippen LogP contribution in [0.15, 0.2) is 47.0 Å². The molecule has 0 unspecified atom stereocenters. The van der Waals surface area contributed by atoms with E-state index in [0.717, 1.165) is 31.2 Å². The number of carbonyl (C=O) groups is 2. The van der Waals surface area contributed by atoms with Gasteiger partial charge in [0.15, 0.2) is 35.5 Å². The lowest BCUT2D eigenvalue weighted by molar-refractivity contribution is 0.0110. The Hall–Kier alpha value is -5.61. The molecule has 2 aliphatic heterocycles. The van der Waals surface area contributed by atoms with Crippen molar-refractivity contribution in [1.29, 1.82) is 0 Å². The molecule has 2 amide bonds. The molecular formula is C48H65ClN8O12S2. The molecule has 2 saturated heterocycles. The number of hydrogen-bond donors (Lipinski definition) is 1. The van der Waals surface area contributed by atoms with E-state index >= 15 is 0 Å². The maximum Gasteiger partial charge on any atom is 0.410 e. The Labute approximate surface area is 421 Å². The summed E-state index contributed by atoms with van der Waals surface area (Å²) in [7, 11) is -6.60. The Bertz CT molecular complexity index is 2770. The minimum Gasteiger partial charge on any atom is -0.506 e. The van der Waals surface area contributed by atoms with Gasteiger partial charge in [-0.3, -0.25) is 0 Å². The van der Waals surface area contributed by atoms with Gasteiger partial charge in [-0.15, -0.1) is 0 Å². The van der Waals surface area contributed by atoms with Crippen molar-refractivity contribution in [3.63, 3.8) is 0 Å². The zero-order valence-corrected chi connectivity index (χ0v) is 44.4. The van der Waals surface area contributed by atoms with Crippen LogP contribution < -0.4 is 14.2 Å². The van der Waals surface area contributed by atoms with Crippen LogP contribution in [0.1, 0.15) is 115 Å². The smallest absolute Gasteiger partial charge is 0.410 e. The second-order valence-corrected chi connectivity index (χ2v) is 24.6. The minimum absolute atomic E-state index is 0.0170. The van der Waals surface area contributed by atoms with Crippen molar-refractivity contribution >= 4 is 43.5 Å². The zero-order valence-electron chi connectivity index (χ0n) is 42.0. The van der Waals surface area contributed by atoms with E-state index in [4.69, 9.17) is 35.3 Å². The predicted octanol–water partition coefficient (Wildman–Crippen LogP) is 8.24. The maximum absolute atomic E-state index is 12.5. The van der Waals surface area contributed by atoms with E-state index < -0.39 is 30.9 Å². The molecule has 8 rings (SSSR count). The monoisotopic (exact) mass is 1040 g/mol. The van der Waals surface area contributed by atoms with E-state index in [1.807, 2.05) is 48.5 Å². The lowest BCUT2D eigenvalue weighted by atomic mass is 10.1. The maximum atomic E-state index is 12.5. The number of aromatic hydroxyl groups is 1. The number of aryl methyl sites for hydroxylation is 2. The van der Waals surface area contributed by atoms with Crippen molar-refractivity contribution in [2.75, 3.05) is 26.2 Å². The average Bonchev–Trinajstić information content (AvgIpc) is 4.22. The van der Waals surface area contributed by atoms with Crippen LogP contribution in [0, 0.1) is 27.7 Å². The van der Waals surface area contributed by atoms with Crippen molar-refractivity contribution in [3.05, 3.63) is 64.6 Å². The van der Waals surface area contributed by atoms with Gasteiger partial charge in [-0.05, 0) is 119 Å². The van der Waals surface area contributed by atoms with Crippen molar-refractivity contribution in [2.24, 2.45) is 0 Å². The molecule has 2 saturated carbocycles. The van der Waals surface area contributed by atoms with E-state index in [2.05, 4.69) is 29.9 Å². The molecular weight excluding hydrogens is 980 g/mol. The summed E-state index contributed by atoms with van der Waals surface area (Å²) in [5.41, 5.74) is 1.17. The number of hydrogen-bond acceptors (Lipinski definition) is 18. The van der Waals surface area contributed by atoms with Gasteiger partial charge in [-0.25, -0.2) is 56.3 Å². The molecule has 1 N–H and O–H groups in total. The quantitative estimate of drug-likeness (QED) is 0.147. The summed E-state index contributed by atoms with van der Waals surface area (Å²) in [6, 6.07) is 5.81. The average molecular weight is 1050 g/mol. The van der Waals surface area contributed by atoms with Crippen molar-refractivity contribution in [2.45, 2.75) is 165 Å². The molecule has 4 aromatic heterocycles. The first-order valence-corrected chi connectivity index (χ1v) is 27.1. The van der Waals surface area contributed by atoms with E-state index in [9.17, 15) is 31.5 Å². The largest absolute Gasteiger partial charge is 0.506 e. The molecule has 0 aromatic carbocycles. The van der Waals surface area contributed by atoms with Gasteiger partial charge in [0, 0.05) is 57.4 Å². The van der Waals surface area contributed by atoms with Crippen molar-refractivity contribution < 1.29 is 55.2 Å². The number of sulfone groups is 2. The highest BCUT2D eigenvalue weighted by molar-refractivity contribution is 7.92. The van der Waals surface area contributed by atoms with Crippen LogP contribution in [0.3, 0.4) is 0 Å². The summed E-state index contributed by atoms with van der Waals surface area (Å²) < 4.78 is 77.1.